The fourth-order valence-electron chi connectivity index (χ4n) is 7.36. The minimum atomic E-state index is -2.08. The lowest BCUT2D eigenvalue weighted by Crippen LogP contribution is -2.70. The molecule has 5 rings (SSSR count). The number of ether oxygens (including phenoxy) is 9. The van der Waals surface area contributed by atoms with E-state index in [0.717, 1.165) is 6.92 Å². The van der Waals surface area contributed by atoms with Gasteiger partial charge >= 0.3 is 0 Å². The average molecular weight is 854 g/mol. The van der Waals surface area contributed by atoms with E-state index in [4.69, 9.17) is 42.6 Å². The summed E-state index contributed by atoms with van der Waals surface area (Å²) in [4.78, 5) is 12.4. The maximum atomic E-state index is 12.4. The third-order valence-electron chi connectivity index (χ3n) is 10.7. The van der Waals surface area contributed by atoms with Gasteiger partial charge in [0.2, 0.25) is 5.91 Å². The Kier molecular flexibility index (Phi) is 16.5. The van der Waals surface area contributed by atoms with Gasteiger partial charge in [-0.05, 0) is 6.92 Å². The average Bonchev–Trinajstić information content (AvgIpc) is 3.19. The fraction of sp³-hybridized carbons (Fsp3) is 0.969. The van der Waals surface area contributed by atoms with Gasteiger partial charge < -0.3 is 125 Å². The Bertz CT molecular complexity index is 1310. The lowest BCUT2D eigenvalue weighted by atomic mass is 9.94. The molecule has 5 fully saturated rings. The van der Waals surface area contributed by atoms with Gasteiger partial charge in [-0.25, -0.2) is 0 Å². The number of carbonyl (C=O) groups excluding carboxylic acids is 1. The van der Waals surface area contributed by atoms with E-state index < -0.39 is 186 Å². The number of amides is 1. The topological polar surface area (TPSA) is 416 Å². The van der Waals surface area contributed by atoms with Gasteiger partial charge in [0.05, 0.1) is 32.5 Å². The zero-order valence-electron chi connectivity index (χ0n) is 31.1. The minimum Gasteiger partial charge on any atom is -0.394 e. The van der Waals surface area contributed by atoms with Crippen LogP contribution in [0.3, 0.4) is 0 Å². The second kappa shape index (κ2) is 20.1. The van der Waals surface area contributed by atoms with E-state index in [1.807, 2.05) is 0 Å². The van der Waals surface area contributed by atoms with E-state index in [-0.39, 0.29) is 0 Å². The number of rotatable bonds is 13. The van der Waals surface area contributed by atoms with Gasteiger partial charge in [-0.15, -0.1) is 0 Å². The molecule has 0 unspecified atom stereocenters. The molecule has 0 aromatic rings. The zero-order chi connectivity index (χ0) is 42.9. The van der Waals surface area contributed by atoms with Gasteiger partial charge in [0, 0.05) is 6.92 Å². The highest BCUT2D eigenvalue weighted by molar-refractivity contribution is 5.73. The number of aliphatic hydroxyl groups is 15. The molecule has 26 nitrogen and oxygen atoms in total. The van der Waals surface area contributed by atoms with E-state index in [1.165, 1.54) is 6.92 Å². The van der Waals surface area contributed by atoms with Crippen molar-refractivity contribution in [1.29, 1.82) is 0 Å². The number of aliphatic hydroxyl groups excluding tert-OH is 15. The molecule has 5 aliphatic rings. The SMILES string of the molecule is CC(=O)N[C@H]1[C@H](O[C@H]2[C@@H](O)[C@@H](CO)O[C@@H](O[C@H]3[C@H](O)[C@@H](O)[C@H](O)O[C@@H]3CO)[C@@H]2O)O[C@H](CO)[C@H](O[C@@H]2O[C@H](CO)[C@H](O)[C@H](O)[C@H]2O[C@@H]2O[C@@H](C)[C@@H](O)[C@@H](O)[C@@H]2O)[C@@H]1O. The van der Waals surface area contributed by atoms with Crippen LogP contribution in [0.1, 0.15) is 13.8 Å². The molecule has 58 heavy (non-hydrogen) atoms. The smallest absolute Gasteiger partial charge is 0.217 e. The fourth-order valence-corrected chi connectivity index (χ4v) is 7.36. The Balaban J connectivity index is 1.38. The first-order valence-electron chi connectivity index (χ1n) is 18.5. The Morgan fingerprint density at radius 1 is 0.448 bits per heavy atom. The molecule has 16 N–H and O–H groups in total. The summed E-state index contributed by atoms with van der Waals surface area (Å²) in [6.45, 7) is -1.30. The van der Waals surface area contributed by atoms with Crippen LogP contribution in [0, 0.1) is 0 Å². The third kappa shape index (κ3) is 9.75. The zero-order valence-corrected chi connectivity index (χ0v) is 31.1. The first-order chi connectivity index (χ1) is 27.4. The molecule has 0 bridgehead atoms. The van der Waals surface area contributed by atoms with Crippen molar-refractivity contribution in [3.8, 4) is 0 Å². The van der Waals surface area contributed by atoms with E-state index in [0.29, 0.717) is 0 Å². The van der Waals surface area contributed by atoms with Crippen LogP contribution >= 0.6 is 0 Å². The van der Waals surface area contributed by atoms with Crippen LogP contribution in [-0.4, -0.2) is 262 Å². The molecule has 1 amide bonds. The van der Waals surface area contributed by atoms with Crippen molar-refractivity contribution in [1.82, 2.24) is 5.32 Å². The predicted octanol–water partition coefficient (Wildman–Crippen LogP) is -10.8. The van der Waals surface area contributed by atoms with Crippen LogP contribution < -0.4 is 5.32 Å². The predicted molar refractivity (Wildman–Crippen MR) is 177 cm³/mol. The molecule has 338 valence electrons. The molecule has 0 radical (unpaired) electrons. The van der Waals surface area contributed by atoms with Gasteiger partial charge in [0.15, 0.2) is 31.5 Å². The Labute approximate surface area is 329 Å². The van der Waals surface area contributed by atoms with Crippen LogP contribution in [0.4, 0.5) is 0 Å². The molecule has 5 aliphatic heterocycles. The van der Waals surface area contributed by atoms with Gasteiger partial charge in [0.25, 0.3) is 0 Å². The first-order valence-corrected chi connectivity index (χ1v) is 18.5. The maximum absolute atomic E-state index is 12.4. The number of hydrogen-bond acceptors (Lipinski definition) is 25. The van der Waals surface area contributed by atoms with Crippen LogP contribution in [0.25, 0.3) is 0 Å². The number of hydrogen-bond donors (Lipinski definition) is 16. The summed E-state index contributed by atoms with van der Waals surface area (Å²) in [5.41, 5.74) is 0. The highest BCUT2D eigenvalue weighted by Gasteiger charge is 2.57. The highest BCUT2D eigenvalue weighted by Crippen LogP contribution is 2.36. The van der Waals surface area contributed by atoms with Crippen LogP contribution in [-0.2, 0) is 47.4 Å². The Morgan fingerprint density at radius 3 is 1.52 bits per heavy atom. The van der Waals surface area contributed by atoms with Gasteiger partial charge in [-0.2, -0.15) is 0 Å². The molecule has 0 aromatic carbocycles. The summed E-state index contributed by atoms with van der Waals surface area (Å²) in [5.74, 6) is -0.806. The highest BCUT2D eigenvalue weighted by atomic mass is 16.8. The van der Waals surface area contributed by atoms with E-state index >= 15 is 0 Å². The molecule has 0 aromatic heterocycles. The molecular formula is C32H55NO25. The van der Waals surface area contributed by atoms with Crippen molar-refractivity contribution >= 4 is 5.91 Å². The monoisotopic (exact) mass is 853 g/mol. The van der Waals surface area contributed by atoms with Crippen LogP contribution in [0.15, 0.2) is 0 Å². The van der Waals surface area contributed by atoms with Crippen molar-refractivity contribution in [2.24, 2.45) is 0 Å². The summed E-state index contributed by atoms with van der Waals surface area (Å²) in [6.07, 6.45) is -43.0. The molecular weight excluding hydrogens is 798 g/mol. The van der Waals surface area contributed by atoms with E-state index in [9.17, 15) is 81.4 Å². The number of nitrogens with one attached hydrogen (secondary N) is 1. The summed E-state index contributed by atoms with van der Waals surface area (Å²) in [7, 11) is 0. The van der Waals surface area contributed by atoms with Crippen molar-refractivity contribution < 1.29 is 124 Å². The summed E-state index contributed by atoms with van der Waals surface area (Å²) < 4.78 is 50.6. The normalized spacial score (nSPS) is 51.6. The number of carbonyl (C=O) groups is 1. The molecule has 5 saturated heterocycles. The first kappa shape index (κ1) is 47.6. The van der Waals surface area contributed by atoms with Crippen LogP contribution in [0.2, 0.25) is 0 Å². The lowest BCUT2D eigenvalue weighted by molar-refractivity contribution is -0.391. The van der Waals surface area contributed by atoms with Crippen LogP contribution in [0.5, 0.6) is 0 Å². The maximum Gasteiger partial charge on any atom is 0.217 e. The third-order valence-corrected chi connectivity index (χ3v) is 10.7. The van der Waals surface area contributed by atoms with Crippen molar-refractivity contribution in [3.05, 3.63) is 0 Å². The molecule has 5 heterocycles. The van der Waals surface area contributed by atoms with Gasteiger partial charge in [-0.1, -0.05) is 0 Å². The standard InChI is InChI=1S/C32H55NO25/c1-7-14(39)18(43)22(47)30(50-7)58-27-19(44)15(40)9(3-34)53-32(27)56-24-12(6-37)54-29(13(17(24)42)33-8(2)38)57-26-16(41)10(4-35)52-31(23(26)48)55-25-11(5-36)51-28(49)21(46)20(25)45/h7,9-32,34-37,39-49H,3-6H2,1-2H3,(H,33,38)/t7-,9+,10+,11+,12+,13+,14+,15-,16-,17+,18+,19-,20+,21+,22-,23+,24-,25+,26-,27+,28+,29-,30-,31-,32-/m0/s1. The van der Waals surface area contributed by atoms with Crippen molar-refractivity contribution in [2.75, 3.05) is 26.4 Å². The largest absolute Gasteiger partial charge is 0.394 e. The second-order valence-corrected chi connectivity index (χ2v) is 14.7. The van der Waals surface area contributed by atoms with E-state index in [1.54, 1.807) is 0 Å². The lowest BCUT2D eigenvalue weighted by Gasteiger charge is -2.50. The quantitative estimate of drug-likeness (QED) is 0.0818. The van der Waals surface area contributed by atoms with Gasteiger partial charge in [-0.3, -0.25) is 4.79 Å². The van der Waals surface area contributed by atoms with Gasteiger partial charge in [0.1, 0.15) is 116 Å². The molecule has 0 spiro atoms. The molecule has 0 saturated carbocycles. The Hall–Kier alpha value is -1.49. The molecule has 0 aliphatic carbocycles. The second-order valence-electron chi connectivity index (χ2n) is 14.7. The Morgan fingerprint density at radius 2 is 0.914 bits per heavy atom. The molecule has 26 heteroatoms. The van der Waals surface area contributed by atoms with Crippen molar-refractivity contribution in [2.45, 2.75) is 167 Å². The minimum absolute atomic E-state index is 0.806. The summed E-state index contributed by atoms with van der Waals surface area (Å²) >= 11 is 0. The van der Waals surface area contributed by atoms with Crippen molar-refractivity contribution in [3.63, 3.8) is 0 Å². The summed E-state index contributed by atoms with van der Waals surface area (Å²) in [6, 6.07) is -1.71. The molecule has 25 atom stereocenters. The van der Waals surface area contributed by atoms with E-state index in [2.05, 4.69) is 5.32 Å². The summed E-state index contributed by atoms with van der Waals surface area (Å²) in [5, 5.41) is 160.